The van der Waals surface area contributed by atoms with Gasteiger partial charge in [-0.2, -0.15) is 0 Å². The Labute approximate surface area is 193 Å². The van der Waals surface area contributed by atoms with E-state index in [1.165, 1.54) is 6.07 Å². The van der Waals surface area contributed by atoms with Gasteiger partial charge in [0.05, 0.1) is 10.8 Å². The van der Waals surface area contributed by atoms with Gasteiger partial charge in [0.25, 0.3) is 0 Å². The van der Waals surface area contributed by atoms with Crippen LogP contribution in [0.15, 0.2) is 91.2 Å². The first-order valence-corrected chi connectivity index (χ1v) is 15.0. The second-order valence-electron chi connectivity index (χ2n) is 6.59. The molecule has 0 unspecified atom stereocenters. The fraction of sp³-hybridized carbons (Fsp3) is 0. The maximum absolute atomic E-state index is 12.8. The molecule has 0 N–H and O–H groups in total. The van der Waals surface area contributed by atoms with Crippen molar-refractivity contribution in [2.75, 3.05) is 0 Å². The summed E-state index contributed by atoms with van der Waals surface area (Å²) in [6.07, 6.45) is 0. The number of para-hydroxylation sites is 1. The first-order chi connectivity index (χ1) is 15.2. The van der Waals surface area contributed by atoms with E-state index in [0.717, 1.165) is 12.5 Å². The van der Waals surface area contributed by atoms with Crippen molar-refractivity contribution in [3.63, 3.8) is 0 Å². The van der Waals surface area contributed by atoms with Crippen molar-refractivity contribution < 1.29 is 43.2 Å². The van der Waals surface area contributed by atoms with Gasteiger partial charge in [-0.3, -0.25) is 4.79 Å². The van der Waals surface area contributed by atoms with Gasteiger partial charge < -0.3 is 8.83 Å². The summed E-state index contributed by atoms with van der Waals surface area (Å²) in [6.45, 7) is 0. The van der Waals surface area contributed by atoms with Crippen molar-refractivity contribution in [3.05, 3.63) is 101 Å². The van der Waals surface area contributed by atoms with Crippen molar-refractivity contribution in [1.82, 2.24) is 0 Å². The quantitative estimate of drug-likeness (QED) is 0.101. The van der Waals surface area contributed by atoms with E-state index in [9.17, 15) is 22.7 Å². The average molecular weight is 613 g/mol. The van der Waals surface area contributed by atoms with Crippen LogP contribution in [0.2, 0.25) is 0 Å². The van der Waals surface area contributed by atoms with E-state index in [1.807, 2.05) is 48.5 Å². The van der Waals surface area contributed by atoms with Crippen molar-refractivity contribution in [2.24, 2.45) is 0 Å². The number of benzene rings is 3. The molecule has 3 aromatic carbocycles. The van der Waals surface area contributed by atoms with Crippen molar-refractivity contribution >= 4 is 49.9 Å². The van der Waals surface area contributed by atoms with Gasteiger partial charge in [0.1, 0.15) is 16.7 Å². The van der Waals surface area contributed by atoms with E-state index in [0.29, 0.717) is 27.5 Å². The van der Waals surface area contributed by atoms with E-state index < -0.39 is 38.2 Å². The van der Waals surface area contributed by atoms with Gasteiger partial charge in [0.15, 0.2) is 7.14 Å². The molecule has 0 aliphatic carbocycles. The Morgan fingerprint density at radius 3 is 2.06 bits per heavy atom. The summed E-state index contributed by atoms with van der Waals surface area (Å²) >= 11 is -7.66. The minimum atomic E-state index is -7.12. The molecule has 0 fully saturated rings. The third-order valence-corrected chi connectivity index (χ3v) is 6.93. The molecule has 5 aromatic rings. The molecule has 5 rings (SSSR count). The number of hydrogen-bond acceptors (Lipinski definition) is 4. The van der Waals surface area contributed by atoms with Crippen LogP contribution in [0.4, 0.5) is 13.1 Å². The van der Waals surface area contributed by atoms with Crippen LogP contribution in [0.25, 0.3) is 32.9 Å². The van der Waals surface area contributed by atoms with Crippen LogP contribution in [0, 0.1) is 7.14 Å². The fourth-order valence-corrected chi connectivity index (χ4v) is 5.40. The van der Waals surface area contributed by atoms with E-state index in [-0.39, 0.29) is 11.1 Å². The summed E-state index contributed by atoms with van der Waals surface area (Å²) in [7, 11) is 0. The topological polar surface area (TPSA) is 60.4 Å². The van der Waals surface area contributed by atoms with Gasteiger partial charge in [0.2, 0.25) is 5.43 Å². The van der Waals surface area contributed by atoms with E-state index in [4.69, 9.17) is 8.83 Å². The SMILES string of the molecule is O=c1ccc2ccc([I+]c3ccc4oc5ccccc5c(=O)c4c3)cc2o1.[F][Ga-]([F])([F])[F]. The second-order valence-corrected chi connectivity index (χ2v) is 11.7. The van der Waals surface area contributed by atoms with Crippen molar-refractivity contribution in [3.8, 4) is 0 Å². The molecule has 2 aromatic heterocycles. The number of hydrogen-bond donors (Lipinski definition) is 0. The van der Waals surface area contributed by atoms with Gasteiger partial charge in [-0.1, -0.05) is 12.1 Å². The summed E-state index contributed by atoms with van der Waals surface area (Å²) in [5.41, 5.74) is 1.42. The molecule has 0 saturated carbocycles. The molecule has 0 amide bonds. The summed E-state index contributed by atoms with van der Waals surface area (Å²) in [4.78, 5) is 24.2. The van der Waals surface area contributed by atoms with Crippen LogP contribution >= 0.6 is 0 Å². The summed E-state index contributed by atoms with van der Waals surface area (Å²) in [5, 5.41) is 2.08. The molecule has 0 saturated heterocycles. The molecule has 0 radical (unpaired) electrons. The van der Waals surface area contributed by atoms with Gasteiger partial charge in [-0.25, -0.2) is 4.79 Å². The van der Waals surface area contributed by atoms with Crippen LogP contribution in [0.3, 0.4) is 0 Å². The number of rotatable bonds is 2. The number of halogens is 5. The minimum absolute atomic E-state index is 0.0118. The van der Waals surface area contributed by atoms with Crippen LogP contribution < -0.4 is 32.3 Å². The Hall–Kier alpha value is -2.57. The molecule has 2 heterocycles. The Kier molecular flexibility index (Phi) is 6.44. The first kappa shape index (κ1) is 22.6. The second kappa shape index (κ2) is 9.12. The summed E-state index contributed by atoms with van der Waals surface area (Å²) in [5.74, 6) is 0. The Morgan fingerprint density at radius 2 is 1.28 bits per heavy atom. The normalized spacial score (nSPS) is 11.5. The zero-order valence-corrected chi connectivity index (χ0v) is 20.6. The standard InChI is InChI=1S/C22H12IO4.4FH.Ga/c24-21-10-6-13-5-7-15(12-20(13)27-21)23-14-8-9-19-17(11-14)22(25)16-3-1-2-4-18(16)26-19;;;;;/h1-12H;4*1H;/q+1;;;;;+3/p-4. The van der Waals surface area contributed by atoms with Crippen molar-refractivity contribution in [2.45, 2.75) is 0 Å². The summed E-state index contributed by atoms with van der Waals surface area (Å²) in [6, 6.07) is 22.2. The maximum atomic E-state index is 12.8. The molecule has 0 aliphatic heterocycles. The Bertz CT molecular complexity index is 1550. The molecule has 162 valence electrons. The third kappa shape index (κ3) is 5.42. The predicted molar refractivity (Wildman–Crippen MR) is 110 cm³/mol. The molecule has 0 spiro atoms. The van der Waals surface area contributed by atoms with Crippen LogP contribution in [-0.2, 0) is 0 Å². The van der Waals surface area contributed by atoms with Gasteiger partial charge in [-0.05, 0) is 42.5 Å². The molecule has 0 atom stereocenters. The monoisotopic (exact) mass is 612 g/mol. The zero-order chi connectivity index (χ0) is 22.9. The number of fused-ring (bicyclic) bond motifs is 3. The fourth-order valence-electron chi connectivity index (χ4n) is 3.05. The van der Waals surface area contributed by atoms with Crippen LogP contribution in [-0.4, -0.2) is 17.0 Å². The van der Waals surface area contributed by atoms with E-state index in [2.05, 4.69) is 0 Å². The van der Waals surface area contributed by atoms with E-state index in [1.54, 1.807) is 18.2 Å². The zero-order valence-electron chi connectivity index (χ0n) is 16.0. The third-order valence-electron chi connectivity index (χ3n) is 4.34. The van der Waals surface area contributed by atoms with Crippen LogP contribution in [0.1, 0.15) is 0 Å². The van der Waals surface area contributed by atoms with Gasteiger partial charge >= 0.3 is 57.0 Å². The molecule has 4 nitrogen and oxygen atoms in total. The molecule has 32 heavy (non-hydrogen) atoms. The van der Waals surface area contributed by atoms with Crippen molar-refractivity contribution in [1.29, 1.82) is 0 Å². The van der Waals surface area contributed by atoms with Gasteiger partial charge in [0, 0.05) is 23.6 Å². The van der Waals surface area contributed by atoms with Crippen LogP contribution in [0.5, 0.6) is 0 Å². The molecule has 0 bridgehead atoms. The Morgan fingerprint density at radius 1 is 0.656 bits per heavy atom. The Balaban J connectivity index is 0.000000444. The molecular weight excluding hydrogens is 601 g/mol. The predicted octanol–water partition coefficient (Wildman–Crippen LogP) is 2.48. The average Bonchev–Trinajstić information content (AvgIpc) is 2.73. The first-order valence-electron chi connectivity index (χ1n) is 9.19. The molecule has 10 heteroatoms. The molecular formula is C22H12F4GaIO4. The van der Waals surface area contributed by atoms with E-state index >= 15 is 0 Å². The molecule has 0 aliphatic rings. The summed E-state index contributed by atoms with van der Waals surface area (Å²) < 4.78 is 52.9. The van der Waals surface area contributed by atoms with Gasteiger partial charge in [-0.15, -0.1) is 0 Å².